The van der Waals surface area contributed by atoms with Crippen molar-refractivity contribution in [3.8, 4) is 0 Å². The van der Waals surface area contributed by atoms with Gasteiger partial charge in [0.25, 0.3) is 0 Å². The van der Waals surface area contributed by atoms with Gasteiger partial charge in [0, 0.05) is 51.3 Å². The predicted octanol–water partition coefficient (Wildman–Crippen LogP) is 1.96. The van der Waals surface area contributed by atoms with Crippen LogP contribution in [-0.2, 0) is 11.3 Å². The van der Waals surface area contributed by atoms with E-state index in [-0.39, 0.29) is 11.9 Å². The lowest BCUT2D eigenvalue weighted by Gasteiger charge is -2.26. The van der Waals surface area contributed by atoms with Gasteiger partial charge in [-0.3, -0.25) is 19.4 Å². The number of carbonyl (C=O) groups excluding carboxylic acids is 1. The quantitative estimate of drug-likeness (QED) is 0.842. The molecule has 1 atom stereocenters. The summed E-state index contributed by atoms with van der Waals surface area (Å²) >= 11 is 0. The number of pyridine rings is 1. The Morgan fingerprint density at radius 1 is 1.17 bits per heavy atom. The highest BCUT2D eigenvalue weighted by atomic mass is 16.2. The van der Waals surface area contributed by atoms with Gasteiger partial charge < -0.3 is 4.90 Å². The van der Waals surface area contributed by atoms with Gasteiger partial charge in [-0.1, -0.05) is 13.0 Å². The molecule has 6 nitrogen and oxygen atoms in total. The Bertz CT molecular complexity index is 628. The maximum atomic E-state index is 12.9. The summed E-state index contributed by atoms with van der Waals surface area (Å²) in [6.07, 6.45) is 7.19. The third-order valence-corrected chi connectivity index (χ3v) is 4.53. The summed E-state index contributed by atoms with van der Waals surface area (Å²) in [4.78, 5) is 21.7. The molecule has 1 saturated heterocycles. The zero-order valence-corrected chi connectivity index (χ0v) is 14.2. The standard InChI is InChI=1S/C18H25N5O/c1-2-17(23-12-5-9-20-23)18(24)22-11-6-10-21(13-14-22)15-16-7-3-4-8-19-16/h3-5,7-9,12,17H,2,6,10-11,13-15H2,1H3/t17-/m1/s1. The molecule has 1 aliphatic heterocycles. The second kappa shape index (κ2) is 8.06. The second-order valence-corrected chi connectivity index (χ2v) is 6.19. The van der Waals surface area contributed by atoms with Gasteiger partial charge in [0.2, 0.25) is 5.91 Å². The van der Waals surface area contributed by atoms with Gasteiger partial charge in [-0.15, -0.1) is 0 Å². The highest BCUT2D eigenvalue weighted by molar-refractivity contribution is 5.80. The number of hydrogen-bond acceptors (Lipinski definition) is 4. The number of amides is 1. The van der Waals surface area contributed by atoms with Crippen LogP contribution in [0.5, 0.6) is 0 Å². The van der Waals surface area contributed by atoms with Gasteiger partial charge in [-0.2, -0.15) is 5.10 Å². The van der Waals surface area contributed by atoms with Gasteiger partial charge >= 0.3 is 0 Å². The third kappa shape index (κ3) is 4.00. The molecule has 2 aromatic rings. The van der Waals surface area contributed by atoms with Crippen LogP contribution < -0.4 is 0 Å². The first kappa shape index (κ1) is 16.6. The smallest absolute Gasteiger partial charge is 0.247 e. The van der Waals surface area contributed by atoms with E-state index in [0.29, 0.717) is 0 Å². The van der Waals surface area contributed by atoms with Crippen molar-refractivity contribution in [3.63, 3.8) is 0 Å². The van der Waals surface area contributed by atoms with Crippen molar-refractivity contribution in [3.05, 3.63) is 48.5 Å². The van der Waals surface area contributed by atoms with Gasteiger partial charge in [0.05, 0.1) is 5.69 Å². The van der Waals surface area contributed by atoms with Gasteiger partial charge in [-0.05, 0) is 31.0 Å². The second-order valence-electron chi connectivity index (χ2n) is 6.19. The maximum absolute atomic E-state index is 12.9. The van der Waals surface area contributed by atoms with Crippen LogP contribution >= 0.6 is 0 Å². The number of nitrogens with zero attached hydrogens (tertiary/aromatic N) is 5. The van der Waals surface area contributed by atoms with Crippen LogP contribution in [0.3, 0.4) is 0 Å². The fraction of sp³-hybridized carbons (Fsp3) is 0.500. The monoisotopic (exact) mass is 327 g/mol. The average molecular weight is 327 g/mol. The molecule has 1 fully saturated rings. The molecule has 1 aliphatic rings. The Kier molecular flexibility index (Phi) is 5.59. The topological polar surface area (TPSA) is 54.3 Å². The lowest BCUT2D eigenvalue weighted by Crippen LogP contribution is -2.39. The minimum atomic E-state index is -0.192. The first-order valence-corrected chi connectivity index (χ1v) is 8.68. The van der Waals surface area contributed by atoms with E-state index in [4.69, 9.17) is 0 Å². The Morgan fingerprint density at radius 2 is 2.08 bits per heavy atom. The lowest BCUT2D eigenvalue weighted by atomic mass is 10.2. The SMILES string of the molecule is CC[C@H](C(=O)N1CCCN(Cc2ccccn2)CC1)n1cccn1. The van der Waals surface area contributed by atoms with Crippen molar-refractivity contribution < 1.29 is 4.79 Å². The highest BCUT2D eigenvalue weighted by Crippen LogP contribution is 2.16. The van der Waals surface area contributed by atoms with Crippen molar-refractivity contribution in [1.82, 2.24) is 24.6 Å². The van der Waals surface area contributed by atoms with Crippen molar-refractivity contribution >= 4 is 5.91 Å². The third-order valence-electron chi connectivity index (χ3n) is 4.53. The molecule has 0 N–H and O–H groups in total. The zero-order chi connectivity index (χ0) is 16.8. The summed E-state index contributed by atoms with van der Waals surface area (Å²) in [7, 11) is 0. The van der Waals surface area contributed by atoms with Crippen molar-refractivity contribution in [1.29, 1.82) is 0 Å². The summed E-state index contributed by atoms with van der Waals surface area (Å²) in [5.74, 6) is 0.181. The zero-order valence-electron chi connectivity index (χ0n) is 14.2. The maximum Gasteiger partial charge on any atom is 0.247 e. The van der Waals surface area contributed by atoms with Crippen LogP contribution in [0.25, 0.3) is 0 Å². The molecule has 6 heteroatoms. The minimum Gasteiger partial charge on any atom is -0.340 e. The van der Waals surface area contributed by atoms with Crippen LogP contribution in [0, 0.1) is 0 Å². The van der Waals surface area contributed by atoms with Crippen molar-refractivity contribution in [2.75, 3.05) is 26.2 Å². The largest absolute Gasteiger partial charge is 0.340 e. The van der Waals surface area contributed by atoms with Crippen LogP contribution in [0.4, 0.5) is 0 Å². The Morgan fingerprint density at radius 3 is 2.79 bits per heavy atom. The van der Waals surface area contributed by atoms with Gasteiger partial charge in [0.1, 0.15) is 6.04 Å². The molecular formula is C18H25N5O. The Balaban J connectivity index is 1.59. The molecule has 0 radical (unpaired) electrons. The van der Waals surface area contributed by atoms with Crippen molar-refractivity contribution in [2.45, 2.75) is 32.4 Å². The molecule has 3 rings (SSSR count). The minimum absolute atomic E-state index is 0.181. The Hall–Kier alpha value is -2.21. The molecule has 24 heavy (non-hydrogen) atoms. The van der Waals surface area contributed by atoms with E-state index in [1.54, 1.807) is 10.9 Å². The van der Waals surface area contributed by atoms with Gasteiger partial charge in [-0.25, -0.2) is 0 Å². The van der Waals surface area contributed by atoms with Crippen LogP contribution in [0.2, 0.25) is 0 Å². The first-order valence-electron chi connectivity index (χ1n) is 8.68. The molecule has 3 heterocycles. The van der Waals surface area contributed by atoms with Crippen LogP contribution in [-0.4, -0.2) is 56.7 Å². The molecular weight excluding hydrogens is 302 g/mol. The van der Waals surface area contributed by atoms with E-state index in [1.807, 2.05) is 42.4 Å². The molecule has 0 spiro atoms. The number of rotatable bonds is 5. The lowest BCUT2D eigenvalue weighted by molar-refractivity contribution is -0.135. The van der Waals surface area contributed by atoms with Crippen LogP contribution in [0.15, 0.2) is 42.9 Å². The van der Waals surface area contributed by atoms with E-state index in [9.17, 15) is 4.79 Å². The summed E-state index contributed by atoms with van der Waals surface area (Å²) in [6, 6.07) is 7.69. The number of hydrogen-bond donors (Lipinski definition) is 0. The molecule has 128 valence electrons. The Labute approximate surface area is 143 Å². The molecule has 0 unspecified atom stereocenters. The summed E-state index contributed by atoms with van der Waals surface area (Å²) in [5.41, 5.74) is 1.08. The average Bonchev–Trinajstić information content (AvgIpc) is 3.03. The van der Waals surface area contributed by atoms with E-state index >= 15 is 0 Å². The van der Waals surface area contributed by atoms with E-state index in [0.717, 1.165) is 51.3 Å². The van der Waals surface area contributed by atoms with Crippen LogP contribution in [0.1, 0.15) is 31.5 Å². The normalized spacial score (nSPS) is 17.5. The summed E-state index contributed by atoms with van der Waals surface area (Å²) in [6.45, 7) is 6.35. The van der Waals surface area contributed by atoms with E-state index in [2.05, 4.69) is 21.0 Å². The predicted molar refractivity (Wildman–Crippen MR) is 92.3 cm³/mol. The molecule has 1 amide bonds. The summed E-state index contributed by atoms with van der Waals surface area (Å²) < 4.78 is 1.78. The van der Waals surface area contributed by atoms with Crippen molar-refractivity contribution in [2.24, 2.45) is 0 Å². The molecule has 2 aromatic heterocycles. The number of carbonyl (C=O) groups is 1. The fourth-order valence-electron chi connectivity index (χ4n) is 3.22. The molecule has 0 saturated carbocycles. The molecule has 0 aromatic carbocycles. The van der Waals surface area contributed by atoms with E-state index < -0.39 is 0 Å². The highest BCUT2D eigenvalue weighted by Gasteiger charge is 2.26. The van der Waals surface area contributed by atoms with E-state index in [1.165, 1.54) is 0 Å². The fourth-order valence-corrected chi connectivity index (χ4v) is 3.22. The summed E-state index contributed by atoms with van der Waals surface area (Å²) in [5, 5.41) is 4.25. The number of aromatic nitrogens is 3. The molecule has 0 bridgehead atoms. The molecule has 0 aliphatic carbocycles. The first-order chi connectivity index (χ1) is 11.8. The van der Waals surface area contributed by atoms with Gasteiger partial charge in [0.15, 0.2) is 0 Å².